The summed E-state index contributed by atoms with van der Waals surface area (Å²) in [7, 11) is 0. The van der Waals surface area contributed by atoms with Gasteiger partial charge in [0.25, 0.3) is 0 Å². The first-order chi connectivity index (χ1) is 20.1. The van der Waals surface area contributed by atoms with E-state index in [1.54, 1.807) is 0 Å². The molecule has 0 aliphatic heterocycles. The summed E-state index contributed by atoms with van der Waals surface area (Å²) < 4.78 is 5.73. The van der Waals surface area contributed by atoms with Crippen molar-refractivity contribution in [1.82, 2.24) is 0 Å². The molecule has 4 nitrogen and oxygen atoms in total. The average molecular weight is 573 g/mol. The third-order valence-electron chi connectivity index (χ3n) is 7.38. The lowest BCUT2D eigenvalue weighted by Crippen LogP contribution is -2.17. The maximum Gasteiger partial charge on any atom is 0.306 e. The first kappa shape index (κ1) is 38.9. The Kier molecular flexibility index (Phi) is 30.8. The Labute approximate surface area is 253 Å². The van der Waals surface area contributed by atoms with Crippen LogP contribution in [-0.2, 0) is 14.3 Å². The van der Waals surface area contributed by atoms with Crippen molar-refractivity contribution < 1.29 is 19.4 Å². The zero-order valence-corrected chi connectivity index (χ0v) is 26.8. The highest BCUT2D eigenvalue weighted by Gasteiger charge is 2.12. The number of hydrogen-bond donors (Lipinski definition) is 1. The van der Waals surface area contributed by atoms with Crippen LogP contribution in [0.2, 0.25) is 0 Å². The van der Waals surface area contributed by atoms with Crippen LogP contribution in [0.3, 0.4) is 0 Å². The number of carbonyl (C=O) groups excluding carboxylic acids is 1. The monoisotopic (exact) mass is 572 g/mol. The van der Waals surface area contributed by atoms with E-state index in [0.29, 0.717) is 12.8 Å². The van der Waals surface area contributed by atoms with Gasteiger partial charge < -0.3 is 9.84 Å². The van der Waals surface area contributed by atoms with Gasteiger partial charge >= 0.3 is 11.9 Å². The van der Waals surface area contributed by atoms with Gasteiger partial charge in [0.15, 0.2) is 0 Å². The van der Waals surface area contributed by atoms with Gasteiger partial charge in [0.05, 0.1) is 0 Å². The lowest BCUT2D eigenvalue weighted by Gasteiger charge is -2.16. The normalized spacial score (nSPS) is 12.8. The number of hydrogen-bond acceptors (Lipinski definition) is 3. The van der Waals surface area contributed by atoms with Crippen molar-refractivity contribution in [3.8, 4) is 0 Å². The molecule has 0 saturated carbocycles. The van der Waals surface area contributed by atoms with Crippen LogP contribution >= 0.6 is 0 Å². The molecule has 0 fully saturated rings. The van der Waals surface area contributed by atoms with Crippen LogP contribution in [0.1, 0.15) is 168 Å². The zero-order chi connectivity index (χ0) is 30.1. The molecule has 0 aromatic heterocycles. The molecule has 1 N–H and O–H groups in total. The number of unbranched alkanes of at least 4 members (excludes halogenated alkanes) is 14. The molecule has 0 saturated heterocycles. The zero-order valence-electron chi connectivity index (χ0n) is 26.8. The van der Waals surface area contributed by atoms with Gasteiger partial charge in [-0.3, -0.25) is 9.59 Å². The maximum atomic E-state index is 12.2. The summed E-state index contributed by atoms with van der Waals surface area (Å²) in [5.41, 5.74) is 0. The summed E-state index contributed by atoms with van der Waals surface area (Å²) in [5.74, 6) is -0.715. The molecule has 0 heterocycles. The minimum absolute atomic E-state index is 0.0301. The smallest absolute Gasteiger partial charge is 0.306 e. The molecule has 1 unspecified atom stereocenters. The Morgan fingerprint density at radius 3 is 1.51 bits per heavy atom. The number of ether oxygens (including phenoxy) is 1. The second kappa shape index (κ2) is 32.4. The third kappa shape index (κ3) is 32.3. The maximum absolute atomic E-state index is 12.2. The summed E-state index contributed by atoms with van der Waals surface area (Å²) in [6.07, 6.45) is 43.4. The number of allylic oxidation sites excluding steroid dienone is 8. The average Bonchev–Trinajstić information content (AvgIpc) is 2.96. The molecule has 0 aromatic rings. The van der Waals surface area contributed by atoms with Gasteiger partial charge in [-0.2, -0.15) is 0 Å². The third-order valence-corrected chi connectivity index (χ3v) is 7.38. The van der Waals surface area contributed by atoms with Crippen molar-refractivity contribution >= 4 is 11.9 Å². The fourth-order valence-electron chi connectivity index (χ4n) is 4.75. The van der Waals surface area contributed by atoms with Gasteiger partial charge in [-0.25, -0.2) is 0 Å². The summed E-state index contributed by atoms with van der Waals surface area (Å²) in [6.45, 7) is 4.35. The molecule has 236 valence electrons. The van der Waals surface area contributed by atoms with E-state index in [2.05, 4.69) is 62.5 Å². The Hall–Kier alpha value is -2.10. The highest BCUT2D eigenvalue weighted by molar-refractivity contribution is 5.69. The van der Waals surface area contributed by atoms with Crippen molar-refractivity contribution in [2.24, 2.45) is 0 Å². The second-order valence-electron chi connectivity index (χ2n) is 11.3. The second-order valence-corrected chi connectivity index (χ2v) is 11.3. The van der Waals surface area contributed by atoms with Crippen molar-refractivity contribution in [2.75, 3.05) is 0 Å². The van der Waals surface area contributed by atoms with Gasteiger partial charge in [-0.15, -0.1) is 0 Å². The Morgan fingerprint density at radius 2 is 1.00 bits per heavy atom. The standard InChI is InChI=1S/C37H64O4/c1-3-5-6-7-8-9-10-11-12-13-14-15-16-17-18-22-25-28-31-34-37(40)41-35(4-2)32-29-26-23-20-19-21-24-27-30-33-36(38)39/h8-9,11-12,14-15,17-18,35H,3-7,10,13,16,19-34H2,1-2H3,(H,38,39)/b9-8-,12-11-,15-14-,18-17-. The minimum Gasteiger partial charge on any atom is -0.481 e. The fourth-order valence-corrected chi connectivity index (χ4v) is 4.75. The van der Waals surface area contributed by atoms with Crippen LogP contribution < -0.4 is 0 Å². The Balaban J connectivity index is 3.58. The predicted octanol–water partition coefficient (Wildman–Crippen LogP) is 11.6. The summed E-state index contributed by atoms with van der Waals surface area (Å²) >= 11 is 0. The quantitative estimate of drug-likeness (QED) is 0.0528. The number of carboxylic acid groups (broad SMARTS) is 1. The molecule has 0 aliphatic rings. The largest absolute Gasteiger partial charge is 0.481 e. The lowest BCUT2D eigenvalue weighted by atomic mass is 10.0. The van der Waals surface area contributed by atoms with E-state index in [0.717, 1.165) is 83.5 Å². The van der Waals surface area contributed by atoms with Gasteiger partial charge in [0.1, 0.15) is 6.10 Å². The van der Waals surface area contributed by atoms with E-state index in [1.165, 1.54) is 57.8 Å². The molecule has 0 aromatic carbocycles. The lowest BCUT2D eigenvalue weighted by molar-refractivity contribution is -0.149. The molecule has 0 rings (SSSR count). The first-order valence-electron chi connectivity index (χ1n) is 17.1. The molecule has 0 aliphatic carbocycles. The van der Waals surface area contributed by atoms with Crippen molar-refractivity contribution in [2.45, 2.75) is 174 Å². The van der Waals surface area contributed by atoms with Crippen LogP contribution in [0.15, 0.2) is 48.6 Å². The van der Waals surface area contributed by atoms with Gasteiger partial charge in [-0.05, 0) is 77.0 Å². The van der Waals surface area contributed by atoms with E-state index >= 15 is 0 Å². The van der Waals surface area contributed by atoms with E-state index < -0.39 is 5.97 Å². The molecule has 41 heavy (non-hydrogen) atoms. The van der Waals surface area contributed by atoms with E-state index in [9.17, 15) is 9.59 Å². The van der Waals surface area contributed by atoms with Gasteiger partial charge in [0.2, 0.25) is 0 Å². The number of esters is 1. The van der Waals surface area contributed by atoms with Crippen molar-refractivity contribution in [3.63, 3.8) is 0 Å². The predicted molar refractivity (Wildman–Crippen MR) is 176 cm³/mol. The van der Waals surface area contributed by atoms with Crippen molar-refractivity contribution in [3.05, 3.63) is 48.6 Å². The van der Waals surface area contributed by atoms with E-state index in [-0.39, 0.29) is 12.1 Å². The van der Waals surface area contributed by atoms with Crippen LogP contribution in [0.5, 0.6) is 0 Å². The molecule has 0 spiro atoms. The number of carbonyl (C=O) groups is 2. The molecule has 1 atom stereocenters. The topological polar surface area (TPSA) is 63.6 Å². The van der Waals surface area contributed by atoms with Gasteiger partial charge in [0, 0.05) is 12.8 Å². The summed E-state index contributed by atoms with van der Waals surface area (Å²) in [5, 5.41) is 8.65. The number of rotatable bonds is 30. The number of carboxylic acids is 1. The highest BCUT2D eigenvalue weighted by atomic mass is 16.5. The molecular formula is C37H64O4. The van der Waals surface area contributed by atoms with Gasteiger partial charge in [-0.1, -0.05) is 127 Å². The summed E-state index contributed by atoms with van der Waals surface area (Å²) in [4.78, 5) is 22.7. The Morgan fingerprint density at radius 1 is 0.561 bits per heavy atom. The van der Waals surface area contributed by atoms with Crippen LogP contribution in [0.25, 0.3) is 0 Å². The van der Waals surface area contributed by atoms with Crippen LogP contribution in [0, 0.1) is 0 Å². The molecule has 4 heteroatoms. The SMILES string of the molecule is CCCCC/C=C\C/C=C\C/C=C\C/C=C\CCCCCC(=O)OC(CC)CCCCCCCCCCCC(=O)O. The van der Waals surface area contributed by atoms with Crippen LogP contribution in [-0.4, -0.2) is 23.1 Å². The molecule has 0 bridgehead atoms. The summed E-state index contributed by atoms with van der Waals surface area (Å²) in [6, 6.07) is 0. The van der Waals surface area contributed by atoms with E-state index in [4.69, 9.17) is 9.84 Å². The highest BCUT2D eigenvalue weighted by Crippen LogP contribution is 2.15. The first-order valence-corrected chi connectivity index (χ1v) is 17.1. The minimum atomic E-state index is -0.685. The Bertz CT molecular complexity index is 704. The molecular weight excluding hydrogens is 508 g/mol. The van der Waals surface area contributed by atoms with Crippen molar-refractivity contribution in [1.29, 1.82) is 0 Å². The molecule has 0 amide bonds. The number of aliphatic carboxylic acids is 1. The molecule has 0 radical (unpaired) electrons. The van der Waals surface area contributed by atoms with Crippen LogP contribution in [0.4, 0.5) is 0 Å². The fraction of sp³-hybridized carbons (Fsp3) is 0.730. The van der Waals surface area contributed by atoms with E-state index in [1.807, 2.05) is 0 Å².